The molecule has 0 aromatic heterocycles. The zero-order chi connectivity index (χ0) is 25.4. The van der Waals surface area contributed by atoms with Gasteiger partial charge in [-0.1, -0.05) is 25.5 Å². The molecule has 9 heteroatoms. The number of carboxylic acid groups (broad SMARTS) is 1. The summed E-state index contributed by atoms with van der Waals surface area (Å²) < 4.78 is 20.3. The number of carbonyl (C=O) groups excluding carboxylic acids is 2. The number of carboxylic acids is 1. The van der Waals surface area contributed by atoms with E-state index in [0.29, 0.717) is 38.0 Å². The molecule has 2 aliphatic rings. The maximum Gasteiger partial charge on any atom is 0.303 e. The third-order valence-corrected chi connectivity index (χ3v) is 7.27. The molecule has 0 spiro atoms. The summed E-state index contributed by atoms with van der Waals surface area (Å²) in [5, 5.41) is 19.0. The van der Waals surface area contributed by atoms with Gasteiger partial charge in [-0.25, -0.2) is 4.39 Å². The molecular formula is C26H34FN3O5. The number of hydrogen-bond acceptors (Lipinski definition) is 5. The van der Waals surface area contributed by atoms with Crippen molar-refractivity contribution in [3.63, 3.8) is 0 Å². The Balaban J connectivity index is 1.74. The van der Waals surface area contributed by atoms with Crippen molar-refractivity contribution in [2.75, 3.05) is 26.2 Å². The Kier molecular flexibility index (Phi) is 9.07. The molecule has 0 radical (unpaired) electrons. The van der Waals surface area contributed by atoms with Crippen LogP contribution in [0.15, 0.2) is 18.2 Å². The summed E-state index contributed by atoms with van der Waals surface area (Å²) in [5.74, 6) is -1.79. The van der Waals surface area contributed by atoms with E-state index in [1.54, 1.807) is 15.9 Å². The van der Waals surface area contributed by atoms with Crippen molar-refractivity contribution in [2.24, 2.45) is 5.92 Å². The number of aliphatic carboxylic acids is 1. The van der Waals surface area contributed by atoms with Gasteiger partial charge >= 0.3 is 5.97 Å². The first-order valence-electron chi connectivity index (χ1n) is 12.4. The lowest BCUT2D eigenvalue weighted by Gasteiger charge is -2.43. The molecule has 35 heavy (non-hydrogen) atoms. The summed E-state index contributed by atoms with van der Waals surface area (Å²) in [6, 6.07) is 6.73. The number of ether oxygens (including phenoxy) is 1. The molecule has 1 aromatic rings. The van der Waals surface area contributed by atoms with E-state index < -0.39 is 17.2 Å². The largest absolute Gasteiger partial charge is 0.490 e. The molecule has 1 aromatic carbocycles. The first-order chi connectivity index (χ1) is 16.9. The van der Waals surface area contributed by atoms with Gasteiger partial charge in [0.05, 0.1) is 24.0 Å². The van der Waals surface area contributed by atoms with Gasteiger partial charge in [0.2, 0.25) is 12.3 Å². The van der Waals surface area contributed by atoms with Gasteiger partial charge in [-0.05, 0) is 44.6 Å². The minimum absolute atomic E-state index is 0.0175. The molecule has 2 atom stereocenters. The normalized spacial score (nSPS) is 21.7. The van der Waals surface area contributed by atoms with E-state index in [0.717, 1.165) is 32.1 Å². The van der Waals surface area contributed by atoms with E-state index in [1.165, 1.54) is 12.1 Å². The summed E-state index contributed by atoms with van der Waals surface area (Å²) in [4.78, 5) is 39.3. The fourth-order valence-corrected chi connectivity index (χ4v) is 5.38. The Morgan fingerprint density at radius 3 is 2.69 bits per heavy atom. The minimum Gasteiger partial charge on any atom is -0.490 e. The highest BCUT2D eigenvalue weighted by Gasteiger charge is 2.43. The number of nitriles is 1. The second kappa shape index (κ2) is 12.0. The lowest BCUT2D eigenvalue weighted by Crippen LogP contribution is -2.53. The van der Waals surface area contributed by atoms with E-state index >= 15 is 0 Å². The van der Waals surface area contributed by atoms with Crippen molar-refractivity contribution in [3.8, 4) is 11.8 Å². The number of nitrogens with zero attached hydrogens (tertiary/aromatic N) is 3. The summed E-state index contributed by atoms with van der Waals surface area (Å²) in [6.07, 6.45) is 4.85. The molecule has 0 bridgehead atoms. The zero-order valence-corrected chi connectivity index (χ0v) is 20.2. The van der Waals surface area contributed by atoms with Crippen LogP contribution in [-0.2, 0) is 19.8 Å². The Labute approximate surface area is 205 Å². The van der Waals surface area contributed by atoms with Gasteiger partial charge < -0.3 is 19.6 Å². The molecule has 190 valence electrons. The van der Waals surface area contributed by atoms with Gasteiger partial charge in [-0.2, -0.15) is 5.26 Å². The van der Waals surface area contributed by atoms with Gasteiger partial charge in [0.25, 0.3) is 0 Å². The van der Waals surface area contributed by atoms with Crippen LogP contribution < -0.4 is 4.74 Å². The second-order valence-electron chi connectivity index (χ2n) is 9.43. The van der Waals surface area contributed by atoms with Crippen molar-refractivity contribution in [2.45, 2.75) is 69.7 Å². The summed E-state index contributed by atoms with van der Waals surface area (Å²) in [5.41, 5.74) is -0.568. The van der Waals surface area contributed by atoms with Crippen LogP contribution in [0, 0.1) is 23.1 Å². The number of likely N-dealkylation sites (tertiary alicyclic amines) is 2. The Morgan fingerprint density at radius 2 is 2.06 bits per heavy atom. The van der Waals surface area contributed by atoms with E-state index in [9.17, 15) is 24.0 Å². The number of para-hydroxylation sites is 1. The minimum atomic E-state index is -1.01. The maximum atomic E-state index is 14.7. The SMILES string of the molecule is CCCC1C(C(=O)N2CCC(C#N)(c3cccc(F)c3OCCCC(=O)O)CC2)CCCN1C=O. The lowest BCUT2D eigenvalue weighted by molar-refractivity contribution is -0.143. The fraction of sp³-hybridized carbons (Fsp3) is 0.615. The standard InChI is InChI=1S/C26H34FN3O5/c1-2-6-22-19(7-4-13-30(22)18-31)25(34)29-14-11-26(17-28,12-15-29)20-8-3-9-21(27)24(20)35-16-5-10-23(32)33/h3,8-9,18-19,22H,2,4-7,10-16H2,1H3,(H,32,33). The van der Waals surface area contributed by atoms with Crippen molar-refractivity contribution < 1.29 is 28.6 Å². The van der Waals surface area contributed by atoms with Crippen LogP contribution in [0.2, 0.25) is 0 Å². The molecule has 3 rings (SSSR count). The van der Waals surface area contributed by atoms with Crippen molar-refractivity contribution in [3.05, 3.63) is 29.6 Å². The summed E-state index contributed by atoms with van der Waals surface area (Å²) in [7, 11) is 0. The Morgan fingerprint density at radius 1 is 1.31 bits per heavy atom. The highest BCUT2D eigenvalue weighted by Crippen LogP contribution is 2.42. The average molecular weight is 488 g/mol. The predicted molar refractivity (Wildman–Crippen MR) is 126 cm³/mol. The molecule has 0 saturated carbocycles. The number of rotatable bonds is 10. The van der Waals surface area contributed by atoms with Crippen LogP contribution in [0.3, 0.4) is 0 Å². The first kappa shape index (κ1) is 26.5. The molecule has 1 N–H and O–H groups in total. The number of halogens is 1. The molecular weight excluding hydrogens is 453 g/mol. The van der Waals surface area contributed by atoms with Crippen LogP contribution in [0.5, 0.6) is 5.75 Å². The lowest BCUT2D eigenvalue weighted by atomic mass is 9.73. The maximum absolute atomic E-state index is 14.7. The number of carbonyl (C=O) groups is 3. The van der Waals surface area contributed by atoms with Crippen LogP contribution in [0.4, 0.5) is 4.39 Å². The molecule has 2 unspecified atom stereocenters. The predicted octanol–water partition coefficient (Wildman–Crippen LogP) is 3.49. The number of benzene rings is 1. The number of amides is 2. The number of piperidine rings is 2. The third kappa shape index (κ3) is 5.92. The van der Waals surface area contributed by atoms with Crippen molar-refractivity contribution in [1.82, 2.24) is 9.80 Å². The van der Waals surface area contributed by atoms with Crippen LogP contribution >= 0.6 is 0 Å². The van der Waals surface area contributed by atoms with Gasteiger partial charge in [-0.3, -0.25) is 14.4 Å². The second-order valence-corrected chi connectivity index (χ2v) is 9.43. The molecule has 2 aliphatic heterocycles. The summed E-state index contributed by atoms with van der Waals surface area (Å²) in [6.45, 7) is 3.46. The Hall–Kier alpha value is -3.15. The van der Waals surface area contributed by atoms with E-state index in [2.05, 4.69) is 6.07 Å². The smallest absolute Gasteiger partial charge is 0.303 e. The Bertz CT molecular complexity index is 955. The number of hydrogen-bond donors (Lipinski definition) is 1. The topological polar surface area (TPSA) is 111 Å². The summed E-state index contributed by atoms with van der Waals surface area (Å²) >= 11 is 0. The third-order valence-electron chi connectivity index (χ3n) is 7.27. The molecule has 0 aliphatic carbocycles. The highest BCUT2D eigenvalue weighted by molar-refractivity contribution is 5.80. The van der Waals surface area contributed by atoms with Crippen LogP contribution in [0.1, 0.15) is 63.9 Å². The van der Waals surface area contributed by atoms with Crippen molar-refractivity contribution >= 4 is 18.3 Å². The monoisotopic (exact) mass is 487 g/mol. The molecule has 2 fully saturated rings. The quantitative estimate of drug-likeness (QED) is 0.400. The van der Waals surface area contributed by atoms with E-state index in [-0.39, 0.29) is 43.1 Å². The first-order valence-corrected chi connectivity index (χ1v) is 12.4. The van der Waals surface area contributed by atoms with Gasteiger partial charge in [0.1, 0.15) is 0 Å². The van der Waals surface area contributed by atoms with Crippen LogP contribution in [-0.4, -0.2) is 65.5 Å². The molecule has 2 saturated heterocycles. The van der Waals surface area contributed by atoms with Gasteiger partial charge in [0, 0.05) is 37.7 Å². The van der Waals surface area contributed by atoms with Gasteiger partial charge in [0.15, 0.2) is 11.6 Å². The van der Waals surface area contributed by atoms with E-state index in [4.69, 9.17) is 9.84 Å². The zero-order valence-electron chi connectivity index (χ0n) is 20.2. The molecule has 2 heterocycles. The van der Waals surface area contributed by atoms with Gasteiger partial charge in [-0.15, -0.1) is 0 Å². The molecule has 8 nitrogen and oxygen atoms in total. The average Bonchev–Trinajstić information content (AvgIpc) is 2.87. The highest BCUT2D eigenvalue weighted by atomic mass is 19.1. The van der Waals surface area contributed by atoms with Crippen molar-refractivity contribution in [1.29, 1.82) is 5.26 Å². The molecule has 2 amide bonds. The van der Waals surface area contributed by atoms with Crippen LogP contribution in [0.25, 0.3) is 0 Å². The fourth-order valence-electron chi connectivity index (χ4n) is 5.38. The van der Waals surface area contributed by atoms with E-state index in [1.807, 2.05) is 6.92 Å².